The van der Waals surface area contributed by atoms with E-state index >= 15 is 0 Å². The molecule has 33 heavy (non-hydrogen) atoms. The molecule has 0 radical (unpaired) electrons. The number of aldehydes is 1. The minimum atomic E-state index is -1.03. The zero-order valence-electron chi connectivity index (χ0n) is 18.6. The van der Waals surface area contributed by atoms with Gasteiger partial charge in [0.1, 0.15) is 24.6 Å². The Morgan fingerprint density at radius 3 is 1.70 bits per heavy atom. The van der Waals surface area contributed by atoms with Crippen LogP contribution < -0.4 is 0 Å². The molecular formula is C28H30O5. The van der Waals surface area contributed by atoms with Gasteiger partial charge in [0.25, 0.3) is 0 Å². The Kier molecular flexibility index (Phi) is 10.0. The Labute approximate surface area is 195 Å². The number of carbonyl (C=O) groups is 1. The molecule has 1 N–H and O–H groups in total. The zero-order valence-corrected chi connectivity index (χ0v) is 18.6. The topological polar surface area (TPSA) is 65.0 Å². The molecule has 0 saturated heterocycles. The average molecular weight is 447 g/mol. The molecule has 5 nitrogen and oxygen atoms in total. The Bertz CT molecular complexity index is 959. The highest BCUT2D eigenvalue weighted by Gasteiger charge is 2.32. The van der Waals surface area contributed by atoms with Crippen molar-refractivity contribution in [3.63, 3.8) is 0 Å². The molecule has 0 aromatic heterocycles. The fourth-order valence-corrected chi connectivity index (χ4v) is 3.37. The number of aliphatic hydroxyl groups is 1. The van der Waals surface area contributed by atoms with E-state index in [1.165, 1.54) is 0 Å². The van der Waals surface area contributed by atoms with Crippen LogP contribution in [0.2, 0.25) is 0 Å². The molecular weight excluding hydrogens is 416 g/mol. The SMILES string of the molecule is C=C(C=O)[C@@H](OCc1ccccc1)[C@@H](OCc1ccccc1)[C@H](O)COCc1ccccc1. The summed E-state index contributed by atoms with van der Waals surface area (Å²) in [6.45, 7) is 4.72. The van der Waals surface area contributed by atoms with Crippen LogP contribution in [0.4, 0.5) is 0 Å². The number of carbonyl (C=O) groups excluding carboxylic acids is 1. The van der Waals surface area contributed by atoms with Crippen molar-refractivity contribution in [2.75, 3.05) is 6.61 Å². The monoisotopic (exact) mass is 446 g/mol. The van der Waals surface area contributed by atoms with Gasteiger partial charge in [0.05, 0.1) is 26.4 Å². The number of rotatable bonds is 14. The molecule has 172 valence electrons. The van der Waals surface area contributed by atoms with E-state index in [0.717, 1.165) is 16.7 Å². The Morgan fingerprint density at radius 2 is 1.21 bits per heavy atom. The summed E-state index contributed by atoms with van der Waals surface area (Å²) >= 11 is 0. The minimum absolute atomic E-state index is 0.0195. The normalized spacial score (nSPS) is 13.7. The second-order valence-electron chi connectivity index (χ2n) is 7.74. The van der Waals surface area contributed by atoms with Crippen molar-refractivity contribution in [3.05, 3.63) is 120 Å². The van der Waals surface area contributed by atoms with Gasteiger partial charge in [-0.15, -0.1) is 0 Å². The lowest BCUT2D eigenvalue weighted by atomic mass is 10.0. The third kappa shape index (κ3) is 8.08. The minimum Gasteiger partial charge on any atom is -0.388 e. The lowest BCUT2D eigenvalue weighted by molar-refractivity contribution is -0.139. The number of hydrogen-bond donors (Lipinski definition) is 1. The third-order valence-electron chi connectivity index (χ3n) is 5.15. The van der Waals surface area contributed by atoms with Gasteiger partial charge in [-0.2, -0.15) is 0 Å². The van der Waals surface area contributed by atoms with E-state index in [0.29, 0.717) is 12.9 Å². The molecule has 0 bridgehead atoms. The Morgan fingerprint density at radius 1 is 0.758 bits per heavy atom. The molecule has 0 amide bonds. The van der Waals surface area contributed by atoms with Crippen molar-refractivity contribution < 1.29 is 24.1 Å². The molecule has 3 atom stereocenters. The lowest BCUT2D eigenvalue weighted by Crippen LogP contribution is -2.44. The summed E-state index contributed by atoms with van der Waals surface area (Å²) in [4.78, 5) is 11.6. The van der Waals surface area contributed by atoms with Gasteiger partial charge < -0.3 is 19.3 Å². The van der Waals surface area contributed by atoms with Gasteiger partial charge in [0, 0.05) is 5.57 Å². The van der Waals surface area contributed by atoms with Crippen LogP contribution in [0.15, 0.2) is 103 Å². The Hall–Kier alpha value is -3.09. The number of benzene rings is 3. The molecule has 5 heteroatoms. The van der Waals surface area contributed by atoms with Crippen molar-refractivity contribution in [1.82, 2.24) is 0 Å². The molecule has 3 aromatic rings. The summed E-state index contributed by atoms with van der Waals surface area (Å²) in [5.74, 6) is 0. The van der Waals surface area contributed by atoms with E-state index in [4.69, 9.17) is 14.2 Å². The van der Waals surface area contributed by atoms with Crippen LogP contribution in [0.1, 0.15) is 16.7 Å². The fourth-order valence-electron chi connectivity index (χ4n) is 3.37. The second-order valence-corrected chi connectivity index (χ2v) is 7.74. The van der Waals surface area contributed by atoms with Gasteiger partial charge in [-0.05, 0) is 16.7 Å². The summed E-state index contributed by atoms with van der Waals surface area (Å²) in [7, 11) is 0. The third-order valence-corrected chi connectivity index (χ3v) is 5.15. The van der Waals surface area contributed by atoms with E-state index in [2.05, 4.69) is 6.58 Å². The van der Waals surface area contributed by atoms with E-state index in [9.17, 15) is 9.90 Å². The number of aliphatic hydroxyl groups excluding tert-OH is 1. The highest BCUT2D eigenvalue weighted by atomic mass is 16.6. The molecule has 0 fully saturated rings. The first-order chi connectivity index (χ1) is 16.2. The van der Waals surface area contributed by atoms with E-state index in [1.807, 2.05) is 91.0 Å². The van der Waals surface area contributed by atoms with Crippen LogP contribution in [0.25, 0.3) is 0 Å². The van der Waals surface area contributed by atoms with Crippen molar-refractivity contribution >= 4 is 6.29 Å². The molecule has 0 saturated carbocycles. The van der Waals surface area contributed by atoms with E-state index in [1.54, 1.807) is 0 Å². The molecule has 3 rings (SSSR count). The van der Waals surface area contributed by atoms with Crippen molar-refractivity contribution in [2.24, 2.45) is 0 Å². The smallest absolute Gasteiger partial charge is 0.148 e. The van der Waals surface area contributed by atoms with Crippen LogP contribution in [0, 0.1) is 0 Å². The maximum Gasteiger partial charge on any atom is 0.148 e. The van der Waals surface area contributed by atoms with Crippen LogP contribution in [0.5, 0.6) is 0 Å². The number of hydrogen-bond acceptors (Lipinski definition) is 5. The first-order valence-corrected chi connectivity index (χ1v) is 10.9. The first kappa shape index (κ1) is 24.6. The fraction of sp³-hybridized carbons (Fsp3) is 0.250. The second kappa shape index (κ2) is 13.5. The first-order valence-electron chi connectivity index (χ1n) is 10.9. The van der Waals surface area contributed by atoms with E-state index < -0.39 is 18.3 Å². The molecule has 0 aliphatic heterocycles. The zero-order chi connectivity index (χ0) is 23.3. The predicted molar refractivity (Wildman–Crippen MR) is 127 cm³/mol. The van der Waals surface area contributed by atoms with Crippen LogP contribution in [-0.2, 0) is 38.8 Å². The highest BCUT2D eigenvalue weighted by Crippen LogP contribution is 2.20. The van der Waals surface area contributed by atoms with E-state index in [-0.39, 0.29) is 25.4 Å². The predicted octanol–water partition coefficient (Wildman–Crippen LogP) is 4.49. The lowest BCUT2D eigenvalue weighted by Gasteiger charge is -2.31. The number of ether oxygens (including phenoxy) is 3. The van der Waals surface area contributed by atoms with Gasteiger partial charge in [0.2, 0.25) is 0 Å². The van der Waals surface area contributed by atoms with Gasteiger partial charge in [0.15, 0.2) is 0 Å². The maximum absolute atomic E-state index is 11.6. The van der Waals surface area contributed by atoms with Crippen LogP contribution in [-0.4, -0.2) is 36.3 Å². The quantitative estimate of drug-likeness (QED) is 0.292. The van der Waals surface area contributed by atoms with Crippen molar-refractivity contribution in [3.8, 4) is 0 Å². The molecule has 0 aliphatic rings. The van der Waals surface area contributed by atoms with Crippen LogP contribution in [0.3, 0.4) is 0 Å². The Balaban J connectivity index is 1.71. The molecule has 0 heterocycles. The largest absolute Gasteiger partial charge is 0.388 e. The molecule has 3 aromatic carbocycles. The summed E-state index contributed by atoms with van der Waals surface area (Å²) in [6, 6.07) is 28.9. The average Bonchev–Trinajstić information content (AvgIpc) is 2.87. The molecule has 0 unspecified atom stereocenters. The summed E-state index contributed by atoms with van der Waals surface area (Å²) < 4.78 is 17.9. The maximum atomic E-state index is 11.6. The van der Waals surface area contributed by atoms with Gasteiger partial charge >= 0.3 is 0 Å². The van der Waals surface area contributed by atoms with Gasteiger partial charge in [-0.3, -0.25) is 4.79 Å². The van der Waals surface area contributed by atoms with Crippen LogP contribution >= 0.6 is 0 Å². The van der Waals surface area contributed by atoms with Crippen molar-refractivity contribution in [2.45, 2.75) is 38.1 Å². The summed E-state index contributed by atoms with van der Waals surface area (Å²) in [5.41, 5.74) is 3.09. The molecule has 0 aliphatic carbocycles. The highest BCUT2D eigenvalue weighted by molar-refractivity contribution is 5.73. The standard InChI is InChI=1S/C28H30O5/c1-22(17-29)27(32-19-24-13-7-3-8-14-24)28(33-20-25-15-9-4-10-16-25)26(30)21-31-18-23-11-5-2-6-12-23/h2-17,26-28,30H,1,18-21H2/t26-,27-,28+/m1/s1. The summed E-state index contributed by atoms with van der Waals surface area (Å²) in [5, 5.41) is 11.0. The van der Waals surface area contributed by atoms with Crippen molar-refractivity contribution in [1.29, 1.82) is 0 Å². The molecule has 0 spiro atoms. The summed E-state index contributed by atoms with van der Waals surface area (Å²) in [6.07, 6.45) is -2.06. The van der Waals surface area contributed by atoms with Gasteiger partial charge in [-0.1, -0.05) is 97.6 Å². The van der Waals surface area contributed by atoms with Gasteiger partial charge in [-0.25, -0.2) is 0 Å².